The Balaban J connectivity index is -0.000000311. The molecule has 0 atom stereocenters. The molecule has 28 heavy (non-hydrogen) atoms. The number of fused-ring (bicyclic) bond motifs is 2. The molecule has 2 aromatic rings. The Morgan fingerprint density at radius 3 is 0.714 bits per heavy atom. The third kappa shape index (κ3) is 12.8. The maximum Gasteiger partial charge on any atom is -0.0273 e. The molecule has 0 fully saturated rings. The number of rotatable bonds is 0. The van der Waals surface area contributed by atoms with E-state index in [0.29, 0.717) is 0 Å². The fourth-order valence-electron chi connectivity index (χ4n) is 3.03. The van der Waals surface area contributed by atoms with Crippen molar-refractivity contribution >= 4 is 0 Å². The molecule has 0 saturated heterocycles. The van der Waals surface area contributed by atoms with Gasteiger partial charge in [-0.25, -0.2) is 0 Å². The Kier molecular flexibility index (Phi) is 28.3. The van der Waals surface area contributed by atoms with Crippen LogP contribution < -0.4 is 0 Å². The highest BCUT2D eigenvalue weighted by atomic mass is 14.1. The van der Waals surface area contributed by atoms with E-state index >= 15 is 0 Å². The molecule has 162 valence electrons. The SMILES string of the molecule is CC.CC.CC.CC.CC.c1ccc2c(c1)CCC2.c1ccc2c(c1)CCC2. The van der Waals surface area contributed by atoms with Crippen molar-refractivity contribution in [2.75, 3.05) is 0 Å². The summed E-state index contributed by atoms with van der Waals surface area (Å²) < 4.78 is 0. The molecule has 2 aliphatic carbocycles. The second-order valence-corrected chi connectivity index (χ2v) is 5.24. The Bertz CT molecular complexity index is 430. The molecular formula is C28H50. The molecule has 0 heterocycles. The van der Waals surface area contributed by atoms with E-state index in [0.717, 1.165) is 0 Å². The van der Waals surface area contributed by atoms with Crippen LogP contribution in [0.25, 0.3) is 0 Å². The molecule has 0 N–H and O–H groups in total. The van der Waals surface area contributed by atoms with Crippen LogP contribution in [0, 0.1) is 0 Å². The highest BCUT2D eigenvalue weighted by Crippen LogP contribution is 2.20. The first-order chi connectivity index (χ1) is 13.9. The van der Waals surface area contributed by atoms with Crippen molar-refractivity contribution < 1.29 is 0 Å². The van der Waals surface area contributed by atoms with Gasteiger partial charge in [0.1, 0.15) is 0 Å². The number of hydrogen-bond donors (Lipinski definition) is 0. The lowest BCUT2D eigenvalue weighted by Gasteiger charge is -1.93. The lowest BCUT2D eigenvalue weighted by Crippen LogP contribution is -1.77. The summed E-state index contributed by atoms with van der Waals surface area (Å²) in [6.07, 6.45) is 7.93. The van der Waals surface area contributed by atoms with E-state index < -0.39 is 0 Å². The predicted molar refractivity (Wildman–Crippen MR) is 134 cm³/mol. The van der Waals surface area contributed by atoms with Gasteiger partial charge in [-0.15, -0.1) is 0 Å². The van der Waals surface area contributed by atoms with Crippen LogP contribution in [0.15, 0.2) is 48.5 Å². The quantitative estimate of drug-likeness (QED) is 0.423. The van der Waals surface area contributed by atoms with Crippen molar-refractivity contribution in [3.05, 3.63) is 70.8 Å². The van der Waals surface area contributed by atoms with Crippen LogP contribution in [0.4, 0.5) is 0 Å². The van der Waals surface area contributed by atoms with Crippen LogP contribution in [0.5, 0.6) is 0 Å². The van der Waals surface area contributed by atoms with Gasteiger partial charge in [-0.2, -0.15) is 0 Å². The van der Waals surface area contributed by atoms with Gasteiger partial charge in [0.05, 0.1) is 0 Å². The Morgan fingerprint density at radius 1 is 0.357 bits per heavy atom. The van der Waals surface area contributed by atoms with Gasteiger partial charge < -0.3 is 0 Å². The van der Waals surface area contributed by atoms with Gasteiger partial charge in [-0.05, 0) is 60.8 Å². The van der Waals surface area contributed by atoms with Crippen molar-refractivity contribution in [2.24, 2.45) is 0 Å². The molecule has 0 bridgehead atoms. The summed E-state index contributed by atoms with van der Waals surface area (Å²) in [6.45, 7) is 20.0. The molecule has 0 amide bonds. The molecule has 2 aliphatic rings. The van der Waals surface area contributed by atoms with Crippen molar-refractivity contribution in [1.29, 1.82) is 0 Å². The van der Waals surface area contributed by atoms with Crippen LogP contribution in [0.3, 0.4) is 0 Å². The molecule has 0 spiro atoms. The topological polar surface area (TPSA) is 0 Å². The molecule has 0 saturated carbocycles. The van der Waals surface area contributed by atoms with E-state index in [1.54, 1.807) is 22.3 Å². The standard InChI is InChI=1S/2C9H10.5C2H6/c2*1-2-5-9-7-3-6-8(9)4-1;5*1-2/h2*1-2,4-5H,3,6-7H2;5*1-2H3. The van der Waals surface area contributed by atoms with Gasteiger partial charge in [0.2, 0.25) is 0 Å². The third-order valence-electron chi connectivity index (χ3n) is 4.02. The molecule has 0 aromatic heterocycles. The second kappa shape index (κ2) is 25.4. The summed E-state index contributed by atoms with van der Waals surface area (Å²) >= 11 is 0. The molecular weight excluding hydrogens is 336 g/mol. The first-order valence-corrected chi connectivity index (χ1v) is 12.1. The Morgan fingerprint density at radius 2 is 0.536 bits per heavy atom. The largest absolute Gasteiger partial charge is 0.0683 e. The van der Waals surface area contributed by atoms with E-state index in [1.807, 2.05) is 69.2 Å². The minimum Gasteiger partial charge on any atom is -0.0683 e. The first-order valence-electron chi connectivity index (χ1n) is 12.1. The van der Waals surface area contributed by atoms with Gasteiger partial charge in [0.25, 0.3) is 0 Å². The van der Waals surface area contributed by atoms with E-state index in [9.17, 15) is 0 Å². The van der Waals surface area contributed by atoms with Crippen molar-refractivity contribution in [2.45, 2.75) is 108 Å². The summed E-state index contributed by atoms with van der Waals surface area (Å²) in [4.78, 5) is 0. The van der Waals surface area contributed by atoms with E-state index in [2.05, 4.69) is 48.5 Å². The van der Waals surface area contributed by atoms with Gasteiger partial charge >= 0.3 is 0 Å². The minimum absolute atomic E-state index is 1.30. The molecule has 2 aromatic carbocycles. The fourth-order valence-corrected chi connectivity index (χ4v) is 3.03. The third-order valence-corrected chi connectivity index (χ3v) is 4.02. The average molecular weight is 387 g/mol. The normalized spacial score (nSPS) is 11.1. The lowest BCUT2D eigenvalue weighted by molar-refractivity contribution is 0.912. The zero-order valence-electron chi connectivity index (χ0n) is 20.9. The van der Waals surface area contributed by atoms with Crippen LogP contribution >= 0.6 is 0 Å². The van der Waals surface area contributed by atoms with E-state index in [-0.39, 0.29) is 0 Å². The molecule has 0 aliphatic heterocycles. The minimum atomic E-state index is 1.30. The highest BCUT2D eigenvalue weighted by molar-refractivity contribution is 5.31. The zero-order chi connectivity index (χ0) is 22.2. The van der Waals surface area contributed by atoms with Crippen molar-refractivity contribution in [1.82, 2.24) is 0 Å². The maximum absolute atomic E-state index is 2.24. The number of benzene rings is 2. The van der Waals surface area contributed by atoms with Crippen LogP contribution in [-0.4, -0.2) is 0 Å². The Hall–Kier alpha value is -1.56. The molecule has 4 rings (SSSR count). The first kappa shape index (κ1) is 31.1. The van der Waals surface area contributed by atoms with E-state index in [1.165, 1.54) is 38.5 Å². The van der Waals surface area contributed by atoms with Crippen molar-refractivity contribution in [3.63, 3.8) is 0 Å². The van der Waals surface area contributed by atoms with Gasteiger partial charge in [-0.3, -0.25) is 0 Å². The highest BCUT2D eigenvalue weighted by Gasteiger charge is 2.07. The summed E-state index contributed by atoms with van der Waals surface area (Å²) in [7, 11) is 0. The Labute approximate surface area is 178 Å². The van der Waals surface area contributed by atoms with Gasteiger partial charge in [-0.1, -0.05) is 118 Å². The van der Waals surface area contributed by atoms with E-state index in [4.69, 9.17) is 0 Å². The monoisotopic (exact) mass is 386 g/mol. The molecule has 0 nitrogen and oxygen atoms in total. The molecule has 0 unspecified atom stereocenters. The van der Waals surface area contributed by atoms with Crippen LogP contribution in [0.1, 0.15) is 104 Å². The maximum atomic E-state index is 2.24. The van der Waals surface area contributed by atoms with Gasteiger partial charge in [0.15, 0.2) is 0 Å². The summed E-state index contributed by atoms with van der Waals surface area (Å²) in [6, 6.07) is 17.5. The number of aryl methyl sites for hydroxylation is 4. The second-order valence-electron chi connectivity index (χ2n) is 5.24. The lowest BCUT2D eigenvalue weighted by atomic mass is 10.1. The van der Waals surface area contributed by atoms with Gasteiger partial charge in [0, 0.05) is 0 Å². The fraction of sp³-hybridized carbons (Fsp3) is 0.571. The predicted octanol–water partition coefficient (Wildman–Crippen LogP) is 9.48. The summed E-state index contributed by atoms with van der Waals surface area (Å²) in [5.41, 5.74) is 6.27. The molecule has 0 heteroatoms. The average Bonchev–Trinajstić information content (AvgIpc) is 3.50. The van der Waals surface area contributed by atoms with Crippen LogP contribution in [-0.2, 0) is 25.7 Å². The summed E-state index contributed by atoms with van der Waals surface area (Å²) in [5.74, 6) is 0. The summed E-state index contributed by atoms with van der Waals surface area (Å²) in [5, 5.41) is 0. The zero-order valence-corrected chi connectivity index (χ0v) is 20.9. The molecule has 0 radical (unpaired) electrons. The van der Waals surface area contributed by atoms with Crippen molar-refractivity contribution in [3.8, 4) is 0 Å². The number of hydrogen-bond acceptors (Lipinski definition) is 0. The smallest absolute Gasteiger partial charge is 0.0273 e. The van der Waals surface area contributed by atoms with Crippen LogP contribution in [0.2, 0.25) is 0 Å².